The summed E-state index contributed by atoms with van der Waals surface area (Å²) in [5.41, 5.74) is 7.55. The lowest BCUT2D eigenvalue weighted by atomic mass is 9.93. The number of aromatic nitrogens is 2. The lowest BCUT2D eigenvalue weighted by molar-refractivity contribution is 0.423. The Labute approximate surface area is 158 Å². The molecule has 0 aliphatic heterocycles. The lowest BCUT2D eigenvalue weighted by Crippen LogP contribution is -2.01. The summed E-state index contributed by atoms with van der Waals surface area (Å²) in [6.07, 6.45) is 4.45. The van der Waals surface area contributed by atoms with Gasteiger partial charge in [0.05, 0.1) is 17.1 Å². The predicted molar refractivity (Wildman–Crippen MR) is 107 cm³/mol. The van der Waals surface area contributed by atoms with E-state index in [1.54, 1.807) is 0 Å². The maximum Gasteiger partial charge on any atom is 0.170 e. The van der Waals surface area contributed by atoms with Gasteiger partial charge in [0.15, 0.2) is 5.76 Å². The van der Waals surface area contributed by atoms with Gasteiger partial charge < -0.3 is 4.52 Å². The highest BCUT2D eigenvalue weighted by molar-refractivity contribution is 5.76. The molecule has 0 saturated heterocycles. The van der Waals surface area contributed by atoms with Crippen LogP contribution < -0.4 is 0 Å². The molecule has 0 amide bonds. The first-order valence-corrected chi connectivity index (χ1v) is 9.49. The number of aryl methyl sites for hydroxylation is 1. The van der Waals surface area contributed by atoms with Crippen LogP contribution in [-0.2, 0) is 12.8 Å². The van der Waals surface area contributed by atoms with E-state index in [1.807, 2.05) is 36.4 Å². The summed E-state index contributed by atoms with van der Waals surface area (Å²) in [6, 6.07) is 24.8. The Kier molecular flexibility index (Phi) is 4.06. The van der Waals surface area contributed by atoms with Gasteiger partial charge in [-0.15, -0.1) is 0 Å². The normalized spacial score (nSPS) is 13.3. The molecule has 1 aliphatic carbocycles. The second-order valence-electron chi connectivity index (χ2n) is 7.00. The molecule has 0 radical (unpaired) electrons. The van der Waals surface area contributed by atoms with Gasteiger partial charge in [-0.25, -0.2) is 4.98 Å². The maximum absolute atomic E-state index is 5.81. The standard InChI is InChI=1S/C24H20N2O/c1-3-9-17(10-4-1)22-15-19(16-23(25-22)18-11-5-2-6-12-18)24-20-13-7-8-14-21(20)26-27-24/h1-6,9-12,15-16H,7-8,13-14H2. The summed E-state index contributed by atoms with van der Waals surface area (Å²) in [6.45, 7) is 0. The summed E-state index contributed by atoms with van der Waals surface area (Å²) in [5.74, 6) is 0.904. The van der Waals surface area contributed by atoms with E-state index >= 15 is 0 Å². The zero-order chi connectivity index (χ0) is 18.1. The highest BCUT2D eigenvalue weighted by Gasteiger charge is 2.21. The minimum absolute atomic E-state index is 0.904. The van der Waals surface area contributed by atoms with Crippen molar-refractivity contribution in [1.29, 1.82) is 0 Å². The Morgan fingerprint density at radius 3 is 1.89 bits per heavy atom. The van der Waals surface area contributed by atoms with Gasteiger partial charge in [-0.1, -0.05) is 65.8 Å². The molecule has 2 heterocycles. The van der Waals surface area contributed by atoms with Crippen molar-refractivity contribution < 1.29 is 4.52 Å². The van der Waals surface area contributed by atoms with Crippen molar-refractivity contribution in [3.8, 4) is 33.8 Å². The molecule has 0 atom stereocenters. The third-order valence-corrected chi connectivity index (χ3v) is 5.19. The first kappa shape index (κ1) is 16.0. The molecule has 5 rings (SSSR count). The van der Waals surface area contributed by atoms with E-state index in [-0.39, 0.29) is 0 Å². The fraction of sp³-hybridized carbons (Fsp3) is 0.167. The number of benzene rings is 2. The van der Waals surface area contributed by atoms with E-state index in [1.165, 1.54) is 18.4 Å². The summed E-state index contributed by atoms with van der Waals surface area (Å²) in [5, 5.41) is 4.34. The van der Waals surface area contributed by atoms with E-state index in [0.29, 0.717) is 0 Å². The van der Waals surface area contributed by atoms with Gasteiger partial charge in [-0.05, 0) is 37.8 Å². The Bertz CT molecular complexity index is 1010. The zero-order valence-electron chi connectivity index (χ0n) is 15.1. The fourth-order valence-electron chi connectivity index (χ4n) is 3.79. The zero-order valence-corrected chi connectivity index (χ0v) is 15.1. The molecule has 3 nitrogen and oxygen atoms in total. The van der Waals surface area contributed by atoms with Crippen LogP contribution in [0.15, 0.2) is 77.3 Å². The van der Waals surface area contributed by atoms with E-state index in [0.717, 1.165) is 52.4 Å². The van der Waals surface area contributed by atoms with E-state index in [9.17, 15) is 0 Å². The average Bonchev–Trinajstić information content (AvgIpc) is 3.19. The van der Waals surface area contributed by atoms with Crippen LogP contribution >= 0.6 is 0 Å². The Balaban J connectivity index is 1.70. The fourth-order valence-corrected chi connectivity index (χ4v) is 3.79. The number of rotatable bonds is 3. The lowest BCUT2D eigenvalue weighted by Gasteiger charge is -2.11. The Morgan fingerprint density at radius 1 is 0.667 bits per heavy atom. The SMILES string of the molecule is c1ccc(-c2cc(-c3onc4c3CCCC4)cc(-c3ccccc3)n2)cc1. The molecule has 0 fully saturated rings. The molecule has 0 saturated carbocycles. The van der Waals surface area contributed by atoms with Gasteiger partial charge >= 0.3 is 0 Å². The first-order chi connectivity index (χ1) is 13.4. The molecule has 0 bridgehead atoms. The van der Waals surface area contributed by atoms with Crippen LogP contribution in [-0.4, -0.2) is 10.1 Å². The van der Waals surface area contributed by atoms with Gasteiger partial charge in [0.25, 0.3) is 0 Å². The molecule has 0 spiro atoms. The van der Waals surface area contributed by atoms with Crippen molar-refractivity contribution in [2.45, 2.75) is 25.7 Å². The van der Waals surface area contributed by atoms with Crippen molar-refractivity contribution in [2.75, 3.05) is 0 Å². The van der Waals surface area contributed by atoms with E-state index in [4.69, 9.17) is 9.51 Å². The Morgan fingerprint density at radius 2 is 1.26 bits per heavy atom. The third kappa shape index (κ3) is 3.06. The van der Waals surface area contributed by atoms with Crippen molar-refractivity contribution >= 4 is 0 Å². The maximum atomic E-state index is 5.81. The van der Waals surface area contributed by atoms with Crippen molar-refractivity contribution in [3.63, 3.8) is 0 Å². The van der Waals surface area contributed by atoms with Crippen LogP contribution in [0.25, 0.3) is 33.8 Å². The second kappa shape index (κ2) is 6.84. The first-order valence-electron chi connectivity index (χ1n) is 9.49. The summed E-state index contributed by atoms with van der Waals surface area (Å²) >= 11 is 0. The topological polar surface area (TPSA) is 38.9 Å². The van der Waals surface area contributed by atoms with E-state index in [2.05, 4.69) is 41.6 Å². The highest BCUT2D eigenvalue weighted by atomic mass is 16.5. The third-order valence-electron chi connectivity index (χ3n) is 5.19. The number of hydrogen-bond acceptors (Lipinski definition) is 3. The van der Waals surface area contributed by atoms with Crippen LogP contribution in [0.4, 0.5) is 0 Å². The molecule has 2 aromatic carbocycles. The molecule has 1 aliphatic rings. The van der Waals surface area contributed by atoms with Crippen LogP contribution in [0.5, 0.6) is 0 Å². The van der Waals surface area contributed by atoms with Crippen molar-refractivity contribution in [1.82, 2.24) is 10.1 Å². The Hall–Kier alpha value is -3.20. The minimum Gasteiger partial charge on any atom is -0.356 e. The largest absolute Gasteiger partial charge is 0.356 e. The van der Waals surface area contributed by atoms with Gasteiger partial charge in [0.1, 0.15) is 0 Å². The average molecular weight is 352 g/mol. The molecule has 3 heteroatoms. The van der Waals surface area contributed by atoms with Gasteiger partial charge in [0.2, 0.25) is 0 Å². The van der Waals surface area contributed by atoms with Crippen LogP contribution in [0.2, 0.25) is 0 Å². The summed E-state index contributed by atoms with van der Waals surface area (Å²) < 4.78 is 5.81. The number of nitrogens with zero attached hydrogens (tertiary/aromatic N) is 2. The van der Waals surface area contributed by atoms with E-state index < -0.39 is 0 Å². The highest BCUT2D eigenvalue weighted by Crippen LogP contribution is 2.35. The second-order valence-corrected chi connectivity index (χ2v) is 7.00. The monoisotopic (exact) mass is 352 g/mol. The van der Waals surface area contributed by atoms with Crippen LogP contribution in [0, 0.1) is 0 Å². The van der Waals surface area contributed by atoms with Gasteiger partial charge in [-0.2, -0.15) is 0 Å². The van der Waals surface area contributed by atoms with Gasteiger partial charge in [-0.3, -0.25) is 0 Å². The van der Waals surface area contributed by atoms with Crippen molar-refractivity contribution in [2.24, 2.45) is 0 Å². The molecule has 132 valence electrons. The van der Waals surface area contributed by atoms with Crippen molar-refractivity contribution in [3.05, 3.63) is 84.1 Å². The van der Waals surface area contributed by atoms with Crippen LogP contribution in [0.3, 0.4) is 0 Å². The number of hydrogen-bond donors (Lipinski definition) is 0. The summed E-state index contributed by atoms with van der Waals surface area (Å²) in [7, 11) is 0. The van der Waals surface area contributed by atoms with Crippen LogP contribution in [0.1, 0.15) is 24.1 Å². The van der Waals surface area contributed by atoms with Gasteiger partial charge in [0, 0.05) is 22.3 Å². The molecule has 0 unspecified atom stereocenters. The smallest absolute Gasteiger partial charge is 0.170 e. The molecule has 27 heavy (non-hydrogen) atoms. The minimum atomic E-state index is 0.904. The number of fused-ring (bicyclic) bond motifs is 1. The molecule has 4 aromatic rings. The quantitative estimate of drug-likeness (QED) is 0.457. The molecule has 2 aromatic heterocycles. The number of pyridine rings is 1. The molecular weight excluding hydrogens is 332 g/mol. The molecule has 0 N–H and O–H groups in total. The summed E-state index contributed by atoms with van der Waals surface area (Å²) in [4.78, 5) is 4.93. The predicted octanol–water partition coefficient (Wildman–Crippen LogP) is 5.95. The molecular formula is C24H20N2O.